The largest absolute Gasteiger partial charge is 0.489 e. The third kappa shape index (κ3) is 10.4. The van der Waals surface area contributed by atoms with Crippen LogP contribution in [0.2, 0.25) is 0 Å². The van der Waals surface area contributed by atoms with Gasteiger partial charge in [-0.25, -0.2) is 13.1 Å². The number of anilines is 2. The van der Waals surface area contributed by atoms with Crippen LogP contribution in [-0.4, -0.2) is 114 Å². The Kier molecular flexibility index (Phi) is 14.0. The Morgan fingerprint density at radius 1 is 0.973 bits per heavy atom. The number of aromatic amines is 1. The van der Waals surface area contributed by atoms with Crippen molar-refractivity contribution in [3.05, 3.63) is 99.7 Å². The van der Waals surface area contributed by atoms with E-state index in [4.69, 9.17) is 19.2 Å². The van der Waals surface area contributed by atoms with Gasteiger partial charge in [-0.15, -0.1) is 0 Å². The van der Waals surface area contributed by atoms with E-state index in [1.165, 1.54) is 42.9 Å². The molecule has 1 amide bonds. The monoisotopic (exact) mass is 1040 g/mol. The maximum atomic E-state index is 14.5. The topological polar surface area (TPSA) is 205 Å². The molecule has 5 fully saturated rings. The van der Waals surface area contributed by atoms with Crippen molar-refractivity contribution in [2.45, 2.75) is 145 Å². The van der Waals surface area contributed by atoms with Crippen molar-refractivity contribution in [3.63, 3.8) is 0 Å². The molecule has 6 aliphatic rings. The Labute approximate surface area is 439 Å². The van der Waals surface area contributed by atoms with E-state index < -0.39 is 37.0 Å². The summed E-state index contributed by atoms with van der Waals surface area (Å²) in [5.74, 6) is 0.185. The van der Waals surface area contributed by atoms with Crippen LogP contribution in [0.15, 0.2) is 77.8 Å². The number of hydrogen-bond donors (Lipinski definition) is 4. The Morgan fingerprint density at radius 3 is 2.51 bits per heavy atom. The maximum Gasteiger partial charge on any atom is 0.297 e. The average Bonchev–Trinajstić information content (AvgIpc) is 4.19. The molecule has 4 N–H and O–H groups in total. The minimum atomic E-state index is -4.72. The maximum absolute atomic E-state index is 14.5. The van der Waals surface area contributed by atoms with Gasteiger partial charge in [0.25, 0.3) is 27.5 Å². The number of H-pyrrole nitrogens is 1. The van der Waals surface area contributed by atoms with E-state index >= 15 is 0 Å². The van der Waals surface area contributed by atoms with Crippen molar-refractivity contribution >= 4 is 44.0 Å². The summed E-state index contributed by atoms with van der Waals surface area (Å²) in [4.78, 5) is 41.4. The molecule has 3 atom stereocenters. The van der Waals surface area contributed by atoms with Crippen LogP contribution in [0.5, 0.6) is 23.1 Å². The Hall–Kier alpha value is -5.95. The predicted molar refractivity (Wildman–Crippen MR) is 288 cm³/mol. The number of aliphatic hydroxyl groups is 1. The number of fused-ring (bicyclic) bond motifs is 2. The van der Waals surface area contributed by atoms with Crippen LogP contribution in [0.25, 0.3) is 11.0 Å². The zero-order chi connectivity index (χ0) is 52.2. The van der Waals surface area contributed by atoms with Crippen molar-refractivity contribution in [2.24, 2.45) is 11.3 Å². The number of hydrogen-bond acceptors (Lipinski definition) is 14. The summed E-state index contributed by atoms with van der Waals surface area (Å²) in [6.07, 6.45) is 13.3. The first-order valence-electron chi connectivity index (χ1n) is 27.3. The number of sulfonamides is 1. The second kappa shape index (κ2) is 20.5. The lowest BCUT2D eigenvalue weighted by atomic mass is 9.59. The molecule has 5 aromatic rings. The zero-order valence-corrected chi connectivity index (χ0v) is 44.5. The quantitative estimate of drug-likeness (QED) is 0.0569. The molecule has 2 aliphatic carbocycles. The van der Waals surface area contributed by atoms with E-state index in [9.17, 15) is 28.4 Å². The molecule has 1 spiro atoms. The summed E-state index contributed by atoms with van der Waals surface area (Å²) < 4.78 is 49.9. The number of rotatable bonds is 15. The van der Waals surface area contributed by atoms with Crippen LogP contribution in [0, 0.1) is 21.4 Å². The molecule has 17 nitrogen and oxygen atoms in total. The number of nitro benzene ring substituents is 1. The number of nitrogens with one attached hydrogen (secondary N) is 3. The molecule has 2 aromatic heterocycles. The van der Waals surface area contributed by atoms with E-state index in [1.54, 1.807) is 24.4 Å². The van der Waals surface area contributed by atoms with E-state index in [-0.39, 0.29) is 64.4 Å². The van der Waals surface area contributed by atoms with Gasteiger partial charge < -0.3 is 34.5 Å². The Balaban J connectivity index is 0.847. The summed E-state index contributed by atoms with van der Waals surface area (Å²) in [5.41, 5.74) is 3.41. The van der Waals surface area contributed by atoms with Gasteiger partial charge in [-0.3, -0.25) is 24.7 Å². The molecule has 0 bridgehead atoms. The van der Waals surface area contributed by atoms with Crippen LogP contribution in [0.4, 0.5) is 17.1 Å². The average molecular weight is 1050 g/mol. The fraction of sp³-hybridized carbons (Fsp3) is 0.544. The molecule has 0 radical (unpaired) electrons. The zero-order valence-electron chi connectivity index (χ0n) is 43.7. The molecule has 6 heterocycles. The second-order valence-electron chi connectivity index (χ2n) is 22.9. The van der Waals surface area contributed by atoms with Crippen LogP contribution in [0.1, 0.15) is 138 Å². The summed E-state index contributed by atoms with van der Waals surface area (Å²) in [7, 11) is -4.72. The number of benzene rings is 3. The van der Waals surface area contributed by atoms with E-state index in [2.05, 4.69) is 74.8 Å². The third-order valence-corrected chi connectivity index (χ3v) is 19.0. The summed E-state index contributed by atoms with van der Waals surface area (Å²) in [6.45, 7) is 13.7. The minimum absolute atomic E-state index is 0.00215. The normalized spacial score (nSPS) is 25.2. The molecule has 11 rings (SSSR count). The first-order chi connectivity index (χ1) is 36.1. The Morgan fingerprint density at radius 2 is 1.75 bits per heavy atom. The van der Waals surface area contributed by atoms with Gasteiger partial charge in [0.15, 0.2) is 17.2 Å². The van der Waals surface area contributed by atoms with Gasteiger partial charge in [-0.2, -0.15) is 4.98 Å². The number of ether oxygens (including phenoxy) is 3. The van der Waals surface area contributed by atoms with E-state index in [0.717, 1.165) is 75.5 Å². The summed E-state index contributed by atoms with van der Waals surface area (Å²) in [6, 6.07) is 21.0. The lowest BCUT2D eigenvalue weighted by Crippen LogP contribution is -2.54. The molecular formula is C57H72N8O9S. The van der Waals surface area contributed by atoms with Crippen LogP contribution in [-0.2, 0) is 10.0 Å². The summed E-state index contributed by atoms with van der Waals surface area (Å²) >= 11 is 0. The van der Waals surface area contributed by atoms with Crippen molar-refractivity contribution in [3.8, 4) is 23.1 Å². The van der Waals surface area contributed by atoms with Crippen LogP contribution in [0.3, 0.4) is 0 Å². The van der Waals surface area contributed by atoms with Gasteiger partial charge in [0.05, 0.1) is 27.0 Å². The van der Waals surface area contributed by atoms with Gasteiger partial charge >= 0.3 is 0 Å². The van der Waals surface area contributed by atoms with Gasteiger partial charge in [0.2, 0.25) is 0 Å². The highest BCUT2D eigenvalue weighted by atomic mass is 32.2. The highest BCUT2D eigenvalue weighted by Gasteiger charge is 2.50. The third-order valence-electron chi connectivity index (χ3n) is 17.7. The molecular weight excluding hydrogens is 973 g/mol. The van der Waals surface area contributed by atoms with Gasteiger partial charge in [0, 0.05) is 66.7 Å². The number of likely N-dealkylation sites (tertiary alicyclic amines) is 2. The molecule has 4 aliphatic heterocycles. The van der Waals surface area contributed by atoms with Crippen LogP contribution < -0.4 is 29.1 Å². The number of nitro groups is 1. The summed E-state index contributed by atoms with van der Waals surface area (Å²) in [5, 5.41) is 27.1. The van der Waals surface area contributed by atoms with E-state index in [0.29, 0.717) is 55.9 Å². The fourth-order valence-electron chi connectivity index (χ4n) is 13.3. The molecule has 18 heteroatoms. The molecule has 0 unspecified atom stereocenters. The highest BCUT2D eigenvalue weighted by molar-refractivity contribution is 7.90. The van der Waals surface area contributed by atoms with Crippen molar-refractivity contribution < 1.29 is 37.5 Å². The number of carbonyl (C=O) groups is 1. The van der Waals surface area contributed by atoms with Gasteiger partial charge in [-0.05, 0) is 156 Å². The smallest absolute Gasteiger partial charge is 0.297 e. The second-order valence-corrected chi connectivity index (χ2v) is 24.5. The number of nitrogens with zero attached hydrogens (tertiary/aromatic N) is 5. The lowest BCUT2D eigenvalue weighted by molar-refractivity contribution is -0.384. The molecule has 400 valence electrons. The van der Waals surface area contributed by atoms with Crippen LogP contribution >= 0.6 is 0 Å². The fourth-order valence-corrected chi connectivity index (χ4v) is 14.3. The number of carbonyl (C=O) groups excluding carboxylic acids is 1. The number of likely N-dealkylation sites (N-methyl/N-ethyl adjacent to an activating group) is 1. The molecule has 2 saturated carbocycles. The first kappa shape index (κ1) is 51.2. The number of aromatic nitrogens is 2. The Bertz CT molecular complexity index is 3040. The highest BCUT2D eigenvalue weighted by Crippen LogP contribution is 2.55. The molecule has 75 heavy (non-hydrogen) atoms. The van der Waals surface area contributed by atoms with Gasteiger partial charge in [0.1, 0.15) is 24.6 Å². The minimum Gasteiger partial charge on any atom is -0.489 e. The van der Waals surface area contributed by atoms with Gasteiger partial charge in [-0.1, -0.05) is 45.0 Å². The first-order valence-corrected chi connectivity index (χ1v) is 28.8. The number of piperidine rings is 1. The molecule has 3 saturated heterocycles. The van der Waals surface area contributed by atoms with E-state index in [1.807, 2.05) is 19.1 Å². The predicted octanol–water partition coefficient (Wildman–Crippen LogP) is 10.1. The van der Waals surface area contributed by atoms with Crippen molar-refractivity contribution in [1.29, 1.82) is 0 Å². The lowest BCUT2D eigenvalue weighted by Gasteiger charge is -2.56. The standard InChI is InChI=1S/C57H72N8O9S/c1-5-62-24-8-10-40(62)34-73-55-51(28-38-18-23-58-53(38)60-55)74-49-29-39(63-26-21-57(22-27-63)32-41(33-57)64-25-9-13-47(64)44-12-7-6-11-43(44)36(2)3)14-15-45(49)54(66)61-75(70,71)42-30-48(65(68)69)52-50(31-42)72-35-46(59-52)37-16-19-56(4,67)20-17-37/h6-7,11-12,14-15,18,23,28-31,36-37,40-41,46-47,59,67H,5,8-10,13,16-17,19-22,24-27,32-35H2,1-4H3,(H,58,60)(H,61,66)/t37-,40-,46-,47-,56-/m1/s1. The number of pyridine rings is 1. The van der Waals surface area contributed by atoms with Crippen molar-refractivity contribution in [1.82, 2.24) is 24.5 Å². The SMILES string of the molecule is CCN1CCC[C@@H]1COc1nc2[nH]ccc2cc1Oc1cc(N2CCC3(CC2)CC(N2CCC[C@@H]2c2ccccc2C(C)C)C3)ccc1C(=O)NS(=O)(=O)c1cc2c(c([N+](=O)[O-])c1)N[C@@H]([C@H]1CC[C@](C)(O)CC1)CO2. The van der Waals surface area contributed by atoms with Crippen molar-refractivity contribution in [2.75, 3.05) is 56.2 Å². The molecule has 3 aromatic carbocycles. The number of amides is 1.